The van der Waals surface area contributed by atoms with Crippen LogP contribution in [-0.4, -0.2) is 45.8 Å². The summed E-state index contributed by atoms with van der Waals surface area (Å²) in [4.78, 5) is 2.94. The van der Waals surface area contributed by atoms with Crippen molar-refractivity contribution < 1.29 is 16.8 Å². The molecule has 1 saturated heterocycles. The van der Waals surface area contributed by atoms with Gasteiger partial charge in [0.15, 0.2) is 0 Å². The molecule has 3 rings (SSSR count). The fourth-order valence-electron chi connectivity index (χ4n) is 2.80. The van der Waals surface area contributed by atoms with Crippen LogP contribution in [0.15, 0.2) is 47.3 Å². The highest BCUT2D eigenvalue weighted by molar-refractivity contribution is 7.92. The van der Waals surface area contributed by atoms with E-state index >= 15 is 0 Å². The van der Waals surface area contributed by atoms with Gasteiger partial charge >= 0.3 is 0 Å². The van der Waals surface area contributed by atoms with E-state index in [9.17, 15) is 16.8 Å². The number of sulfonamides is 2. The van der Waals surface area contributed by atoms with Crippen LogP contribution in [0, 0.1) is 5.92 Å². The van der Waals surface area contributed by atoms with E-state index in [2.05, 4.69) is 16.3 Å². The van der Waals surface area contributed by atoms with Crippen molar-refractivity contribution in [2.24, 2.45) is 5.92 Å². The molecule has 1 aromatic heterocycles. The maximum absolute atomic E-state index is 12.7. The van der Waals surface area contributed by atoms with Crippen molar-refractivity contribution in [3.05, 3.63) is 42.3 Å². The Labute approximate surface area is 141 Å². The van der Waals surface area contributed by atoms with Crippen LogP contribution in [-0.2, 0) is 20.0 Å². The van der Waals surface area contributed by atoms with Crippen molar-refractivity contribution in [3.63, 3.8) is 0 Å². The highest BCUT2D eigenvalue weighted by atomic mass is 32.2. The Morgan fingerprint density at radius 3 is 2.75 bits per heavy atom. The number of nitrogens with zero attached hydrogens (tertiary/aromatic N) is 1. The predicted octanol–water partition coefficient (Wildman–Crippen LogP) is 1.24. The molecule has 1 aliphatic heterocycles. The molecule has 130 valence electrons. The smallest absolute Gasteiger partial charge is 0.258 e. The van der Waals surface area contributed by atoms with E-state index in [-0.39, 0.29) is 24.0 Å². The Kier molecular flexibility index (Phi) is 4.52. The Morgan fingerprint density at radius 2 is 2.04 bits per heavy atom. The SMILES string of the molecule is C=CS(=O)(=O)NC[C@H]1CCN(S(=O)(=O)c2cc3ccccc3[nH]2)C1. The third-order valence-electron chi connectivity index (χ3n) is 4.16. The van der Waals surface area contributed by atoms with E-state index in [1.807, 2.05) is 24.3 Å². The topological polar surface area (TPSA) is 99.3 Å². The molecule has 7 nitrogen and oxygen atoms in total. The van der Waals surface area contributed by atoms with Crippen molar-refractivity contribution in [2.75, 3.05) is 19.6 Å². The molecule has 1 atom stereocenters. The van der Waals surface area contributed by atoms with Crippen LogP contribution in [0.25, 0.3) is 10.9 Å². The Bertz CT molecular complexity index is 931. The second kappa shape index (κ2) is 6.32. The zero-order chi connectivity index (χ0) is 17.4. The molecular weight excluding hydrogens is 350 g/mol. The summed E-state index contributed by atoms with van der Waals surface area (Å²) in [5, 5.41) is 1.85. The average molecular weight is 369 g/mol. The van der Waals surface area contributed by atoms with Gasteiger partial charge in [0.25, 0.3) is 10.0 Å². The largest absolute Gasteiger partial charge is 0.345 e. The van der Waals surface area contributed by atoms with Crippen LogP contribution < -0.4 is 4.72 Å². The van der Waals surface area contributed by atoms with Gasteiger partial charge in [-0.25, -0.2) is 21.6 Å². The highest BCUT2D eigenvalue weighted by Gasteiger charge is 2.33. The first kappa shape index (κ1) is 17.2. The van der Waals surface area contributed by atoms with Crippen molar-refractivity contribution >= 4 is 30.9 Å². The van der Waals surface area contributed by atoms with E-state index in [1.165, 1.54) is 4.31 Å². The minimum absolute atomic E-state index is 0.0566. The number of hydrogen-bond donors (Lipinski definition) is 2. The number of aromatic nitrogens is 1. The van der Waals surface area contributed by atoms with Crippen molar-refractivity contribution in [3.8, 4) is 0 Å². The summed E-state index contributed by atoms with van der Waals surface area (Å²) in [6, 6.07) is 8.99. The van der Waals surface area contributed by atoms with Crippen LogP contribution in [0.2, 0.25) is 0 Å². The number of hydrogen-bond acceptors (Lipinski definition) is 4. The lowest BCUT2D eigenvalue weighted by Crippen LogP contribution is -2.32. The molecule has 0 amide bonds. The molecule has 2 N–H and O–H groups in total. The summed E-state index contributed by atoms with van der Waals surface area (Å²) in [7, 11) is -7.10. The number of nitrogens with one attached hydrogen (secondary N) is 2. The Morgan fingerprint density at radius 1 is 1.29 bits per heavy atom. The zero-order valence-corrected chi connectivity index (χ0v) is 14.6. The van der Waals surface area contributed by atoms with E-state index in [0.29, 0.717) is 13.0 Å². The van der Waals surface area contributed by atoms with E-state index < -0.39 is 20.0 Å². The summed E-state index contributed by atoms with van der Waals surface area (Å²) in [6.07, 6.45) is 0.610. The number of benzene rings is 1. The molecule has 2 heterocycles. The van der Waals surface area contributed by atoms with Crippen LogP contribution in [0.4, 0.5) is 0 Å². The number of aromatic amines is 1. The second-order valence-corrected chi connectivity index (χ2v) is 9.42. The van der Waals surface area contributed by atoms with Gasteiger partial charge in [-0.1, -0.05) is 24.8 Å². The summed E-state index contributed by atoms with van der Waals surface area (Å²) in [6.45, 7) is 4.10. The summed E-state index contributed by atoms with van der Waals surface area (Å²) in [5.74, 6) is -0.0566. The van der Waals surface area contributed by atoms with Crippen LogP contribution >= 0.6 is 0 Å². The van der Waals surface area contributed by atoms with Gasteiger partial charge in [0.05, 0.1) is 0 Å². The molecule has 2 aromatic rings. The van der Waals surface area contributed by atoms with Crippen LogP contribution in [0.5, 0.6) is 0 Å². The molecule has 0 spiro atoms. The molecule has 1 fully saturated rings. The molecule has 0 saturated carbocycles. The van der Waals surface area contributed by atoms with Crippen LogP contribution in [0.1, 0.15) is 6.42 Å². The normalized spacial score (nSPS) is 19.8. The average Bonchev–Trinajstić information content (AvgIpc) is 3.20. The quantitative estimate of drug-likeness (QED) is 0.800. The Balaban J connectivity index is 1.73. The lowest BCUT2D eigenvalue weighted by molar-refractivity contribution is 0.453. The van der Waals surface area contributed by atoms with Gasteiger partial charge in [-0.2, -0.15) is 4.31 Å². The maximum Gasteiger partial charge on any atom is 0.258 e. The van der Waals surface area contributed by atoms with Gasteiger partial charge < -0.3 is 4.98 Å². The Hall–Kier alpha value is -1.68. The summed E-state index contributed by atoms with van der Waals surface area (Å²) >= 11 is 0. The monoisotopic (exact) mass is 369 g/mol. The molecule has 0 bridgehead atoms. The van der Waals surface area contributed by atoms with E-state index in [4.69, 9.17) is 0 Å². The fourth-order valence-corrected chi connectivity index (χ4v) is 4.93. The van der Waals surface area contributed by atoms with Gasteiger partial charge in [0.1, 0.15) is 5.03 Å². The van der Waals surface area contributed by atoms with Gasteiger partial charge in [0.2, 0.25) is 10.0 Å². The molecule has 1 aromatic carbocycles. The van der Waals surface area contributed by atoms with Gasteiger partial charge in [-0.3, -0.25) is 0 Å². The molecule has 0 unspecified atom stereocenters. The van der Waals surface area contributed by atoms with Crippen LogP contribution in [0.3, 0.4) is 0 Å². The van der Waals surface area contributed by atoms with E-state index in [1.54, 1.807) is 6.07 Å². The zero-order valence-electron chi connectivity index (χ0n) is 13.0. The van der Waals surface area contributed by atoms with Crippen molar-refractivity contribution in [1.29, 1.82) is 0 Å². The third-order valence-corrected chi connectivity index (χ3v) is 6.96. The number of fused-ring (bicyclic) bond motifs is 1. The highest BCUT2D eigenvalue weighted by Crippen LogP contribution is 2.26. The van der Waals surface area contributed by atoms with E-state index in [0.717, 1.165) is 16.3 Å². The van der Waals surface area contributed by atoms with Crippen molar-refractivity contribution in [2.45, 2.75) is 11.4 Å². The standard InChI is InChI=1S/C15H19N3O4S2/c1-2-23(19,20)16-10-12-7-8-18(11-12)24(21,22)15-9-13-5-3-4-6-14(13)17-15/h2-6,9,12,16-17H,1,7-8,10-11H2/t12-/m1/s1. The lowest BCUT2D eigenvalue weighted by atomic mass is 10.1. The molecule has 24 heavy (non-hydrogen) atoms. The van der Waals surface area contributed by atoms with Gasteiger partial charge in [-0.15, -0.1) is 0 Å². The minimum Gasteiger partial charge on any atom is -0.345 e. The third kappa shape index (κ3) is 3.39. The number of H-pyrrole nitrogens is 1. The first-order valence-corrected chi connectivity index (χ1v) is 10.5. The first-order valence-electron chi connectivity index (χ1n) is 7.52. The minimum atomic E-state index is -3.61. The molecule has 0 aliphatic carbocycles. The lowest BCUT2D eigenvalue weighted by Gasteiger charge is -2.15. The molecule has 1 aliphatic rings. The summed E-state index contributed by atoms with van der Waals surface area (Å²) < 4.78 is 52.1. The van der Waals surface area contributed by atoms with Gasteiger partial charge in [-0.05, 0) is 24.5 Å². The fraction of sp³-hybridized carbons (Fsp3) is 0.333. The maximum atomic E-state index is 12.7. The predicted molar refractivity (Wildman–Crippen MR) is 92.3 cm³/mol. The number of rotatable bonds is 6. The second-order valence-electron chi connectivity index (χ2n) is 5.80. The van der Waals surface area contributed by atoms with Gasteiger partial charge in [0, 0.05) is 35.9 Å². The molecule has 0 radical (unpaired) electrons. The van der Waals surface area contributed by atoms with Crippen molar-refractivity contribution in [1.82, 2.24) is 14.0 Å². The molecular formula is C15H19N3O4S2. The summed E-state index contributed by atoms with van der Waals surface area (Å²) in [5.41, 5.74) is 0.769. The molecule has 9 heteroatoms. The number of para-hydroxylation sites is 1. The first-order chi connectivity index (χ1) is 11.3.